The van der Waals surface area contributed by atoms with Gasteiger partial charge >= 0.3 is 0 Å². The lowest BCUT2D eigenvalue weighted by Crippen LogP contribution is -2.15. The molecule has 2 aromatic rings. The van der Waals surface area contributed by atoms with E-state index in [2.05, 4.69) is 25.3 Å². The maximum atomic E-state index is 13.5. The summed E-state index contributed by atoms with van der Waals surface area (Å²) in [6, 6.07) is 9.47. The maximum Gasteiger partial charge on any atom is 0.255 e. The van der Waals surface area contributed by atoms with E-state index in [1.165, 1.54) is 6.92 Å². The fraction of sp³-hybridized carbons (Fsp3) is 0.375. The summed E-state index contributed by atoms with van der Waals surface area (Å²) in [5.41, 5.74) is 0. The number of nitrogens with zero attached hydrogens (tertiary/aromatic N) is 5. The molecule has 24 heavy (non-hydrogen) atoms. The number of halogens is 1. The van der Waals surface area contributed by atoms with Gasteiger partial charge in [-0.2, -0.15) is 15.0 Å². The standard InChI is InChI=1S/C16H21FN6O/c1-12(17)14-20-15(22-16(21-14)19-11-23(2)3)18-9-10-24-13-7-5-4-6-8-13/h4-8,11-12H,9-10H2,1-3H3,(H,18,20,21,22)/b19-11+. The third kappa shape index (κ3) is 5.79. The SMILES string of the molecule is CC(F)c1nc(/N=C/N(C)C)nc(NCCOc2ccccc2)n1. The smallest absolute Gasteiger partial charge is 0.255 e. The molecule has 1 heterocycles. The second-order valence-electron chi connectivity index (χ2n) is 5.23. The maximum absolute atomic E-state index is 13.5. The molecule has 1 unspecified atom stereocenters. The minimum Gasteiger partial charge on any atom is -0.492 e. The van der Waals surface area contributed by atoms with Crippen molar-refractivity contribution < 1.29 is 9.13 Å². The van der Waals surface area contributed by atoms with Gasteiger partial charge in [-0.1, -0.05) is 18.2 Å². The average Bonchev–Trinajstić information content (AvgIpc) is 2.57. The molecule has 8 heteroatoms. The largest absolute Gasteiger partial charge is 0.492 e. The summed E-state index contributed by atoms with van der Waals surface area (Å²) in [4.78, 5) is 18.0. The zero-order valence-corrected chi connectivity index (χ0v) is 14.0. The predicted molar refractivity (Wildman–Crippen MR) is 91.6 cm³/mol. The van der Waals surface area contributed by atoms with Crippen LogP contribution < -0.4 is 10.1 Å². The van der Waals surface area contributed by atoms with Crippen LogP contribution >= 0.6 is 0 Å². The Hall–Kier alpha value is -2.77. The Morgan fingerprint density at radius 1 is 1.25 bits per heavy atom. The Bertz CT molecular complexity index is 663. The molecule has 2 rings (SSSR count). The summed E-state index contributed by atoms with van der Waals surface area (Å²) < 4.78 is 19.1. The first-order valence-corrected chi connectivity index (χ1v) is 7.57. The highest BCUT2D eigenvalue weighted by molar-refractivity contribution is 5.58. The van der Waals surface area contributed by atoms with Gasteiger partial charge in [0.1, 0.15) is 12.4 Å². The minimum absolute atomic E-state index is 0.0439. The summed E-state index contributed by atoms with van der Waals surface area (Å²) in [7, 11) is 3.65. The summed E-state index contributed by atoms with van der Waals surface area (Å²) in [5.74, 6) is 1.25. The third-order valence-electron chi connectivity index (χ3n) is 2.80. The zero-order valence-electron chi connectivity index (χ0n) is 14.0. The molecule has 0 bridgehead atoms. The van der Waals surface area contributed by atoms with Gasteiger partial charge in [-0.15, -0.1) is 0 Å². The van der Waals surface area contributed by atoms with Crippen LogP contribution in [0, 0.1) is 0 Å². The fourth-order valence-electron chi connectivity index (χ4n) is 1.71. The first-order chi connectivity index (χ1) is 11.5. The number of hydrogen-bond donors (Lipinski definition) is 1. The second-order valence-corrected chi connectivity index (χ2v) is 5.23. The van der Waals surface area contributed by atoms with Crippen molar-refractivity contribution in [2.24, 2.45) is 4.99 Å². The molecule has 7 nitrogen and oxygen atoms in total. The van der Waals surface area contributed by atoms with Crippen molar-refractivity contribution in [3.63, 3.8) is 0 Å². The van der Waals surface area contributed by atoms with E-state index in [0.717, 1.165) is 5.75 Å². The number of aliphatic imine (C=N–C) groups is 1. The number of aromatic nitrogens is 3. The molecule has 0 radical (unpaired) electrons. The number of para-hydroxylation sites is 1. The Labute approximate surface area is 140 Å². The first-order valence-electron chi connectivity index (χ1n) is 7.57. The first kappa shape index (κ1) is 17.6. The van der Waals surface area contributed by atoms with Crippen molar-refractivity contribution in [1.29, 1.82) is 0 Å². The van der Waals surface area contributed by atoms with E-state index < -0.39 is 6.17 Å². The van der Waals surface area contributed by atoms with E-state index in [9.17, 15) is 4.39 Å². The minimum atomic E-state index is -1.30. The van der Waals surface area contributed by atoms with Gasteiger partial charge in [-0.25, -0.2) is 9.38 Å². The summed E-state index contributed by atoms with van der Waals surface area (Å²) >= 11 is 0. The van der Waals surface area contributed by atoms with E-state index in [0.29, 0.717) is 13.2 Å². The molecule has 1 aromatic heterocycles. The summed E-state index contributed by atoms with van der Waals surface area (Å²) in [6.45, 7) is 2.26. The van der Waals surface area contributed by atoms with E-state index in [1.807, 2.05) is 44.4 Å². The summed E-state index contributed by atoms with van der Waals surface area (Å²) in [6.07, 6.45) is 0.243. The molecule has 0 aliphatic carbocycles. The Kier molecular flexibility index (Phi) is 6.41. The van der Waals surface area contributed by atoms with Gasteiger partial charge < -0.3 is 15.0 Å². The van der Waals surface area contributed by atoms with Crippen LogP contribution in [0.3, 0.4) is 0 Å². The Morgan fingerprint density at radius 3 is 2.67 bits per heavy atom. The number of nitrogens with one attached hydrogen (secondary N) is 1. The average molecular weight is 332 g/mol. The van der Waals surface area contributed by atoms with Gasteiger partial charge in [-0.3, -0.25) is 0 Å². The van der Waals surface area contributed by atoms with Crippen molar-refractivity contribution in [2.45, 2.75) is 13.1 Å². The van der Waals surface area contributed by atoms with Crippen LogP contribution in [0.5, 0.6) is 5.75 Å². The normalized spacial score (nSPS) is 12.2. The molecule has 0 saturated carbocycles. The van der Waals surface area contributed by atoms with Crippen LogP contribution in [0.4, 0.5) is 16.3 Å². The molecule has 1 N–H and O–H groups in total. The van der Waals surface area contributed by atoms with Gasteiger partial charge in [0.25, 0.3) is 5.95 Å². The zero-order chi connectivity index (χ0) is 17.4. The van der Waals surface area contributed by atoms with E-state index >= 15 is 0 Å². The van der Waals surface area contributed by atoms with Crippen LogP contribution in [0.1, 0.15) is 18.9 Å². The van der Waals surface area contributed by atoms with Crippen molar-refractivity contribution in [1.82, 2.24) is 19.9 Å². The molecular formula is C16H21FN6O. The van der Waals surface area contributed by atoms with Crippen LogP contribution in [-0.4, -0.2) is 53.4 Å². The number of alkyl halides is 1. The molecule has 0 saturated heterocycles. The second kappa shape index (κ2) is 8.76. The Morgan fingerprint density at radius 2 is 2.00 bits per heavy atom. The van der Waals surface area contributed by atoms with Crippen molar-refractivity contribution in [3.8, 4) is 5.75 Å². The lowest BCUT2D eigenvalue weighted by molar-refractivity contribution is 0.332. The van der Waals surface area contributed by atoms with Crippen molar-refractivity contribution >= 4 is 18.2 Å². The van der Waals surface area contributed by atoms with Crippen molar-refractivity contribution in [2.75, 3.05) is 32.6 Å². The highest BCUT2D eigenvalue weighted by Crippen LogP contribution is 2.16. The van der Waals surface area contributed by atoms with Crippen LogP contribution in [0.15, 0.2) is 35.3 Å². The van der Waals surface area contributed by atoms with Gasteiger partial charge in [0.05, 0.1) is 12.9 Å². The van der Waals surface area contributed by atoms with E-state index in [1.54, 1.807) is 11.2 Å². The third-order valence-corrected chi connectivity index (χ3v) is 2.80. The molecule has 0 amide bonds. The van der Waals surface area contributed by atoms with Gasteiger partial charge in [0.15, 0.2) is 12.0 Å². The molecule has 0 aliphatic heterocycles. The lowest BCUT2D eigenvalue weighted by Gasteiger charge is -2.09. The molecular weight excluding hydrogens is 311 g/mol. The number of benzene rings is 1. The van der Waals surface area contributed by atoms with Crippen LogP contribution in [0.2, 0.25) is 0 Å². The molecule has 0 fully saturated rings. The van der Waals surface area contributed by atoms with Gasteiger partial charge in [0, 0.05) is 14.1 Å². The lowest BCUT2D eigenvalue weighted by atomic mass is 10.3. The number of anilines is 1. The number of hydrogen-bond acceptors (Lipinski definition) is 6. The fourth-order valence-corrected chi connectivity index (χ4v) is 1.71. The highest BCUT2D eigenvalue weighted by atomic mass is 19.1. The predicted octanol–water partition coefficient (Wildman–Crippen LogP) is 2.61. The van der Waals surface area contributed by atoms with Crippen LogP contribution in [-0.2, 0) is 0 Å². The molecule has 1 aromatic carbocycles. The van der Waals surface area contributed by atoms with Crippen molar-refractivity contribution in [3.05, 3.63) is 36.2 Å². The Balaban J connectivity index is 1.97. The molecule has 0 aliphatic rings. The molecule has 128 valence electrons. The van der Waals surface area contributed by atoms with Gasteiger partial charge in [-0.05, 0) is 19.1 Å². The highest BCUT2D eigenvalue weighted by Gasteiger charge is 2.11. The summed E-state index contributed by atoms with van der Waals surface area (Å²) in [5, 5.41) is 3.00. The van der Waals surface area contributed by atoms with E-state index in [4.69, 9.17) is 4.74 Å². The quantitative estimate of drug-likeness (QED) is 0.455. The van der Waals surface area contributed by atoms with E-state index in [-0.39, 0.29) is 17.7 Å². The monoisotopic (exact) mass is 332 g/mol. The molecule has 1 atom stereocenters. The van der Waals surface area contributed by atoms with Gasteiger partial charge in [0.2, 0.25) is 5.95 Å². The number of ether oxygens (including phenoxy) is 1. The molecule has 0 spiro atoms. The topological polar surface area (TPSA) is 75.5 Å². The number of rotatable bonds is 8. The van der Waals surface area contributed by atoms with Crippen LogP contribution in [0.25, 0.3) is 0 Å².